The first-order valence-corrected chi connectivity index (χ1v) is 10.7. The predicted octanol–water partition coefficient (Wildman–Crippen LogP) is 3.02. The molecule has 7 nitrogen and oxygen atoms in total. The van der Waals surface area contributed by atoms with Crippen molar-refractivity contribution in [1.29, 1.82) is 0 Å². The number of amides is 1. The molecule has 3 rings (SSSR count). The zero-order valence-corrected chi connectivity index (χ0v) is 17.4. The second-order valence-corrected chi connectivity index (χ2v) is 8.60. The number of sulfonamides is 1. The lowest BCUT2D eigenvalue weighted by Crippen LogP contribution is -2.40. The van der Waals surface area contributed by atoms with Crippen molar-refractivity contribution in [2.24, 2.45) is 0 Å². The first-order valence-electron chi connectivity index (χ1n) is 8.91. The van der Waals surface area contributed by atoms with Crippen LogP contribution in [0, 0.1) is 0 Å². The molecule has 0 spiro atoms. The summed E-state index contributed by atoms with van der Waals surface area (Å²) in [6.07, 6.45) is 2.87. The zero-order valence-electron chi connectivity index (χ0n) is 15.8. The number of hydrogen-bond donors (Lipinski definition) is 1. The van der Waals surface area contributed by atoms with E-state index in [1.165, 1.54) is 29.6 Å². The van der Waals surface area contributed by atoms with Gasteiger partial charge in [-0.2, -0.15) is 4.31 Å². The summed E-state index contributed by atoms with van der Waals surface area (Å²) in [4.78, 5) is 12.2. The summed E-state index contributed by atoms with van der Waals surface area (Å²) < 4.78 is 37.8. The highest BCUT2D eigenvalue weighted by atomic mass is 35.5. The topological polar surface area (TPSA) is 84.9 Å². The lowest BCUT2D eigenvalue weighted by Gasteiger charge is -2.26. The summed E-state index contributed by atoms with van der Waals surface area (Å²) >= 11 is 5.90. The number of rotatable bonds is 6. The van der Waals surface area contributed by atoms with Gasteiger partial charge < -0.3 is 14.8 Å². The van der Waals surface area contributed by atoms with E-state index >= 15 is 0 Å². The molecule has 1 N–H and O–H groups in total. The van der Waals surface area contributed by atoms with Crippen molar-refractivity contribution >= 4 is 39.3 Å². The van der Waals surface area contributed by atoms with Crippen LogP contribution in [-0.2, 0) is 19.6 Å². The number of morpholine rings is 1. The molecular formula is C20H21ClN2O5S. The highest BCUT2D eigenvalue weighted by molar-refractivity contribution is 7.89. The van der Waals surface area contributed by atoms with E-state index in [9.17, 15) is 13.2 Å². The number of nitrogens with one attached hydrogen (secondary N) is 1. The van der Waals surface area contributed by atoms with Crippen LogP contribution in [0.1, 0.15) is 5.56 Å². The number of hydrogen-bond acceptors (Lipinski definition) is 5. The number of halogens is 1. The summed E-state index contributed by atoms with van der Waals surface area (Å²) in [6, 6.07) is 11.5. The highest BCUT2D eigenvalue weighted by Gasteiger charge is 2.29. The fourth-order valence-electron chi connectivity index (χ4n) is 2.85. The Morgan fingerprint density at radius 1 is 1.21 bits per heavy atom. The van der Waals surface area contributed by atoms with E-state index in [4.69, 9.17) is 21.1 Å². The summed E-state index contributed by atoms with van der Waals surface area (Å²) in [5.74, 6) is -0.113. The van der Waals surface area contributed by atoms with Crippen LogP contribution in [0.15, 0.2) is 53.4 Å². The maximum atomic E-state index is 13.0. The SMILES string of the molecule is COc1ccc(/C=C/C(=O)Nc2cccc(Cl)c2)cc1S(=O)(=O)N1CCOCC1. The molecule has 1 fully saturated rings. The minimum Gasteiger partial charge on any atom is -0.495 e. The number of methoxy groups -OCH3 is 1. The molecule has 0 aromatic heterocycles. The molecule has 0 aliphatic carbocycles. The number of ether oxygens (including phenoxy) is 2. The normalized spacial score (nSPS) is 15.4. The fourth-order valence-corrected chi connectivity index (χ4v) is 4.64. The lowest BCUT2D eigenvalue weighted by molar-refractivity contribution is -0.111. The van der Waals surface area contributed by atoms with Crippen molar-refractivity contribution < 1.29 is 22.7 Å². The number of anilines is 1. The monoisotopic (exact) mass is 436 g/mol. The maximum Gasteiger partial charge on any atom is 0.248 e. The van der Waals surface area contributed by atoms with Gasteiger partial charge in [-0.3, -0.25) is 4.79 Å². The second-order valence-electron chi connectivity index (χ2n) is 6.26. The second kappa shape index (κ2) is 9.41. The third-order valence-corrected chi connectivity index (χ3v) is 6.45. The van der Waals surface area contributed by atoms with Gasteiger partial charge in [0.1, 0.15) is 10.6 Å². The fraction of sp³-hybridized carbons (Fsp3) is 0.250. The van der Waals surface area contributed by atoms with Crippen molar-refractivity contribution in [3.8, 4) is 5.75 Å². The first kappa shape index (κ1) is 21.3. The summed E-state index contributed by atoms with van der Waals surface area (Å²) in [6.45, 7) is 1.27. The largest absolute Gasteiger partial charge is 0.495 e. The van der Waals surface area contributed by atoms with Crippen molar-refractivity contribution in [3.05, 3.63) is 59.1 Å². The van der Waals surface area contributed by atoms with Crippen LogP contribution in [0.2, 0.25) is 5.02 Å². The molecule has 154 valence electrons. The van der Waals surface area contributed by atoms with Crippen molar-refractivity contribution in [2.75, 3.05) is 38.7 Å². The Hall–Kier alpha value is -2.39. The van der Waals surface area contributed by atoms with E-state index in [0.29, 0.717) is 29.5 Å². The molecule has 0 radical (unpaired) electrons. The predicted molar refractivity (Wildman–Crippen MR) is 112 cm³/mol. The smallest absolute Gasteiger partial charge is 0.248 e. The Morgan fingerprint density at radius 3 is 2.66 bits per heavy atom. The Balaban J connectivity index is 1.80. The van der Waals surface area contributed by atoms with Gasteiger partial charge in [0.2, 0.25) is 15.9 Å². The molecule has 1 amide bonds. The summed E-state index contributed by atoms with van der Waals surface area (Å²) in [5, 5.41) is 3.21. The molecule has 0 unspecified atom stereocenters. The molecule has 9 heteroatoms. The van der Waals surface area contributed by atoms with Gasteiger partial charge in [0.05, 0.1) is 20.3 Å². The van der Waals surface area contributed by atoms with Gasteiger partial charge >= 0.3 is 0 Å². The van der Waals surface area contributed by atoms with Crippen LogP contribution in [0.25, 0.3) is 6.08 Å². The molecule has 0 saturated carbocycles. The minimum atomic E-state index is -3.74. The van der Waals surface area contributed by atoms with Gasteiger partial charge in [-0.25, -0.2) is 8.42 Å². The molecule has 1 aliphatic rings. The van der Waals surface area contributed by atoms with Crippen LogP contribution in [0.5, 0.6) is 5.75 Å². The Kier molecular flexibility index (Phi) is 6.92. The van der Waals surface area contributed by atoms with Crippen molar-refractivity contribution in [1.82, 2.24) is 4.31 Å². The van der Waals surface area contributed by atoms with Gasteiger partial charge in [0, 0.05) is 29.9 Å². The van der Waals surface area contributed by atoms with E-state index in [0.717, 1.165) is 0 Å². The number of nitrogens with zero attached hydrogens (tertiary/aromatic N) is 1. The molecule has 1 saturated heterocycles. The molecule has 1 heterocycles. The minimum absolute atomic E-state index is 0.0549. The van der Waals surface area contributed by atoms with E-state index in [1.54, 1.807) is 36.4 Å². The first-order chi connectivity index (χ1) is 13.9. The van der Waals surface area contributed by atoms with Gasteiger partial charge in [-0.05, 0) is 42.0 Å². The summed E-state index contributed by atoms with van der Waals surface area (Å²) in [5.41, 5.74) is 1.12. The standard InChI is InChI=1S/C20H21ClN2O5S/c1-27-18-7-5-15(6-8-20(24)22-17-4-2-3-16(21)14-17)13-19(18)29(25,26)23-9-11-28-12-10-23/h2-8,13-14H,9-12H2,1H3,(H,22,24)/b8-6+. The molecule has 2 aromatic rings. The van der Waals surface area contributed by atoms with Crippen LogP contribution in [0.3, 0.4) is 0 Å². The van der Waals surface area contributed by atoms with Gasteiger partial charge in [-0.1, -0.05) is 23.7 Å². The van der Waals surface area contributed by atoms with Crippen molar-refractivity contribution in [2.45, 2.75) is 4.90 Å². The average Bonchev–Trinajstić information content (AvgIpc) is 2.72. The van der Waals surface area contributed by atoms with E-state index in [2.05, 4.69) is 5.32 Å². The average molecular weight is 437 g/mol. The zero-order chi connectivity index (χ0) is 20.9. The Morgan fingerprint density at radius 2 is 1.97 bits per heavy atom. The molecule has 29 heavy (non-hydrogen) atoms. The number of carbonyl (C=O) groups is 1. The molecule has 0 bridgehead atoms. The van der Waals surface area contributed by atoms with Gasteiger partial charge in [0.25, 0.3) is 0 Å². The Labute approximate surface area is 174 Å². The van der Waals surface area contributed by atoms with Crippen LogP contribution >= 0.6 is 11.6 Å². The molecule has 0 atom stereocenters. The highest BCUT2D eigenvalue weighted by Crippen LogP contribution is 2.29. The van der Waals surface area contributed by atoms with E-state index in [1.807, 2.05) is 0 Å². The van der Waals surface area contributed by atoms with Crippen LogP contribution < -0.4 is 10.1 Å². The van der Waals surface area contributed by atoms with Gasteiger partial charge in [0.15, 0.2) is 0 Å². The Bertz CT molecular complexity index is 1020. The summed E-state index contributed by atoms with van der Waals surface area (Å²) in [7, 11) is -2.32. The van der Waals surface area contributed by atoms with E-state index < -0.39 is 10.0 Å². The third kappa shape index (κ3) is 5.36. The quantitative estimate of drug-likeness (QED) is 0.703. The third-order valence-electron chi connectivity index (χ3n) is 4.29. The molecule has 1 aliphatic heterocycles. The van der Waals surface area contributed by atoms with Gasteiger partial charge in [-0.15, -0.1) is 0 Å². The van der Waals surface area contributed by atoms with E-state index in [-0.39, 0.29) is 29.6 Å². The number of carbonyl (C=O) groups excluding carboxylic acids is 1. The molecule has 2 aromatic carbocycles. The van der Waals surface area contributed by atoms with Crippen LogP contribution in [-0.4, -0.2) is 52.0 Å². The number of benzene rings is 2. The lowest BCUT2D eigenvalue weighted by atomic mass is 10.2. The van der Waals surface area contributed by atoms with Crippen LogP contribution in [0.4, 0.5) is 5.69 Å². The molecular weight excluding hydrogens is 416 g/mol. The van der Waals surface area contributed by atoms with Crippen molar-refractivity contribution in [3.63, 3.8) is 0 Å². The maximum absolute atomic E-state index is 13.0.